The standard InChI is InChI=1S/C14H19NS/c15-10-14(6-3-7-14)9-12-8-11-4-1-2-5-13(11)16-12/h1-2,4-5,12H,3,6-10,15H2. The van der Waals surface area contributed by atoms with Crippen molar-refractivity contribution < 1.29 is 0 Å². The monoisotopic (exact) mass is 233 g/mol. The summed E-state index contributed by atoms with van der Waals surface area (Å²) >= 11 is 2.07. The van der Waals surface area contributed by atoms with Gasteiger partial charge in [0.1, 0.15) is 0 Å². The number of rotatable bonds is 3. The highest BCUT2D eigenvalue weighted by Crippen LogP contribution is 2.49. The average molecular weight is 233 g/mol. The van der Waals surface area contributed by atoms with Crippen LogP contribution in [0.5, 0.6) is 0 Å². The van der Waals surface area contributed by atoms with E-state index >= 15 is 0 Å². The highest BCUT2D eigenvalue weighted by atomic mass is 32.2. The molecule has 16 heavy (non-hydrogen) atoms. The molecule has 1 aliphatic carbocycles. The first-order valence-corrected chi connectivity index (χ1v) is 7.14. The normalized spacial score (nSPS) is 26.2. The third-order valence-electron chi connectivity index (χ3n) is 4.22. The molecule has 1 unspecified atom stereocenters. The van der Waals surface area contributed by atoms with Crippen molar-refractivity contribution in [3.63, 3.8) is 0 Å². The van der Waals surface area contributed by atoms with Crippen LogP contribution in [0.2, 0.25) is 0 Å². The smallest absolute Gasteiger partial charge is 0.0141 e. The van der Waals surface area contributed by atoms with Crippen molar-refractivity contribution in [2.45, 2.75) is 42.2 Å². The van der Waals surface area contributed by atoms with E-state index in [1.54, 1.807) is 5.56 Å². The Kier molecular flexibility index (Phi) is 2.72. The molecule has 1 aromatic carbocycles. The second-order valence-electron chi connectivity index (χ2n) is 5.31. The van der Waals surface area contributed by atoms with E-state index < -0.39 is 0 Å². The molecule has 1 saturated carbocycles. The minimum Gasteiger partial charge on any atom is -0.330 e. The summed E-state index contributed by atoms with van der Waals surface area (Å²) in [7, 11) is 0. The van der Waals surface area contributed by atoms with Gasteiger partial charge >= 0.3 is 0 Å². The Morgan fingerprint density at radius 3 is 2.75 bits per heavy atom. The second-order valence-corrected chi connectivity index (χ2v) is 6.66. The molecule has 0 radical (unpaired) electrons. The summed E-state index contributed by atoms with van der Waals surface area (Å²) in [4.78, 5) is 1.50. The van der Waals surface area contributed by atoms with Gasteiger partial charge in [0.05, 0.1) is 0 Å². The van der Waals surface area contributed by atoms with E-state index in [0.717, 1.165) is 11.8 Å². The Hall–Kier alpha value is -0.470. The van der Waals surface area contributed by atoms with Crippen LogP contribution < -0.4 is 5.73 Å². The zero-order chi connectivity index (χ0) is 11.0. The molecular weight excluding hydrogens is 214 g/mol. The van der Waals surface area contributed by atoms with E-state index in [4.69, 9.17) is 5.73 Å². The largest absolute Gasteiger partial charge is 0.330 e. The summed E-state index contributed by atoms with van der Waals surface area (Å²) in [6.07, 6.45) is 6.68. The van der Waals surface area contributed by atoms with E-state index in [1.165, 1.54) is 37.0 Å². The van der Waals surface area contributed by atoms with Crippen LogP contribution in [0.4, 0.5) is 0 Å². The van der Waals surface area contributed by atoms with E-state index in [2.05, 4.69) is 36.0 Å². The zero-order valence-electron chi connectivity index (χ0n) is 9.61. The lowest BCUT2D eigenvalue weighted by Gasteiger charge is -2.42. The van der Waals surface area contributed by atoms with Crippen LogP contribution in [0, 0.1) is 5.41 Å². The fraction of sp³-hybridized carbons (Fsp3) is 0.571. The van der Waals surface area contributed by atoms with Crippen molar-refractivity contribution in [1.29, 1.82) is 0 Å². The molecule has 1 atom stereocenters. The van der Waals surface area contributed by atoms with Crippen LogP contribution >= 0.6 is 11.8 Å². The minimum absolute atomic E-state index is 0.500. The Morgan fingerprint density at radius 2 is 2.12 bits per heavy atom. The third kappa shape index (κ3) is 1.78. The van der Waals surface area contributed by atoms with Gasteiger partial charge in [0.2, 0.25) is 0 Å². The number of hydrogen-bond donors (Lipinski definition) is 1. The summed E-state index contributed by atoms with van der Waals surface area (Å²) in [6, 6.07) is 8.84. The van der Waals surface area contributed by atoms with Gasteiger partial charge in [-0.3, -0.25) is 0 Å². The lowest BCUT2D eigenvalue weighted by molar-refractivity contribution is 0.130. The first kappa shape index (κ1) is 10.7. The predicted octanol–water partition coefficient (Wildman–Crippen LogP) is 3.22. The van der Waals surface area contributed by atoms with Crippen LogP contribution in [-0.2, 0) is 6.42 Å². The molecule has 3 rings (SSSR count). The molecule has 0 spiro atoms. The van der Waals surface area contributed by atoms with Crippen LogP contribution in [0.3, 0.4) is 0 Å². The molecule has 2 aliphatic rings. The topological polar surface area (TPSA) is 26.0 Å². The number of nitrogens with two attached hydrogens (primary N) is 1. The first-order chi connectivity index (χ1) is 7.81. The Bertz CT molecular complexity index is 354. The molecule has 2 heteroatoms. The molecule has 1 nitrogen and oxygen atoms in total. The van der Waals surface area contributed by atoms with Crippen molar-refractivity contribution >= 4 is 11.8 Å². The van der Waals surface area contributed by atoms with Gasteiger partial charge in [0.15, 0.2) is 0 Å². The van der Waals surface area contributed by atoms with Gasteiger partial charge in [-0.2, -0.15) is 0 Å². The summed E-state index contributed by atoms with van der Waals surface area (Å²) in [5, 5.41) is 0.779. The van der Waals surface area contributed by atoms with Gasteiger partial charge < -0.3 is 5.73 Å². The molecule has 1 fully saturated rings. The molecule has 1 aliphatic heterocycles. The van der Waals surface area contributed by atoms with Crippen molar-refractivity contribution in [2.24, 2.45) is 11.1 Å². The lowest BCUT2D eigenvalue weighted by Crippen LogP contribution is -2.39. The SMILES string of the molecule is NCC1(CC2Cc3ccccc3S2)CCC1. The van der Waals surface area contributed by atoms with Gasteiger partial charge in [-0.15, -0.1) is 11.8 Å². The third-order valence-corrected chi connectivity index (χ3v) is 5.54. The molecule has 0 amide bonds. The van der Waals surface area contributed by atoms with Crippen molar-refractivity contribution in [3.05, 3.63) is 29.8 Å². The van der Waals surface area contributed by atoms with E-state index in [9.17, 15) is 0 Å². The van der Waals surface area contributed by atoms with Crippen molar-refractivity contribution in [2.75, 3.05) is 6.54 Å². The van der Waals surface area contributed by atoms with Gasteiger partial charge in [0, 0.05) is 10.1 Å². The Morgan fingerprint density at radius 1 is 1.31 bits per heavy atom. The van der Waals surface area contributed by atoms with Crippen LogP contribution in [0.15, 0.2) is 29.2 Å². The number of benzene rings is 1. The minimum atomic E-state index is 0.500. The second kappa shape index (κ2) is 4.08. The number of thioether (sulfide) groups is 1. The molecule has 0 bridgehead atoms. The first-order valence-electron chi connectivity index (χ1n) is 6.26. The summed E-state index contributed by atoms with van der Waals surface area (Å²) in [5.74, 6) is 0. The number of fused-ring (bicyclic) bond motifs is 1. The van der Waals surface area contributed by atoms with Crippen LogP contribution in [-0.4, -0.2) is 11.8 Å². The maximum absolute atomic E-state index is 5.94. The summed E-state index contributed by atoms with van der Waals surface area (Å²) in [5.41, 5.74) is 7.99. The van der Waals surface area contributed by atoms with E-state index in [-0.39, 0.29) is 0 Å². The van der Waals surface area contributed by atoms with Gasteiger partial charge in [0.25, 0.3) is 0 Å². The fourth-order valence-electron chi connectivity index (χ4n) is 3.02. The van der Waals surface area contributed by atoms with Gasteiger partial charge in [-0.05, 0) is 49.3 Å². The lowest BCUT2D eigenvalue weighted by atomic mass is 9.66. The molecule has 2 N–H and O–H groups in total. The predicted molar refractivity (Wildman–Crippen MR) is 69.7 cm³/mol. The Labute approximate surface area is 102 Å². The van der Waals surface area contributed by atoms with Crippen LogP contribution in [0.25, 0.3) is 0 Å². The maximum atomic E-state index is 5.94. The molecule has 86 valence electrons. The fourth-order valence-corrected chi connectivity index (χ4v) is 4.54. The highest BCUT2D eigenvalue weighted by Gasteiger charge is 2.39. The molecule has 1 heterocycles. The Balaban J connectivity index is 1.68. The quantitative estimate of drug-likeness (QED) is 0.867. The van der Waals surface area contributed by atoms with Crippen LogP contribution in [0.1, 0.15) is 31.2 Å². The highest BCUT2D eigenvalue weighted by molar-refractivity contribution is 8.00. The molecule has 1 aromatic rings. The van der Waals surface area contributed by atoms with E-state index in [0.29, 0.717) is 5.41 Å². The maximum Gasteiger partial charge on any atom is 0.0141 e. The average Bonchev–Trinajstić information content (AvgIpc) is 2.65. The van der Waals surface area contributed by atoms with E-state index in [1.807, 2.05) is 0 Å². The van der Waals surface area contributed by atoms with Crippen molar-refractivity contribution in [1.82, 2.24) is 0 Å². The molecule has 0 aromatic heterocycles. The van der Waals surface area contributed by atoms with Crippen molar-refractivity contribution in [3.8, 4) is 0 Å². The molecular formula is C14H19NS. The summed E-state index contributed by atoms with van der Waals surface area (Å²) in [6.45, 7) is 0.889. The summed E-state index contributed by atoms with van der Waals surface area (Å²) < 4.78 is 0. The molecule has 0 saturated heterocycles. The number of hydrogen-bond acceptors (Lipinski definition) is 2. The zero-order valence-corrected chi connectivity index (χ0v) is 10.4. The van der Waals surface area contributed by atoms with Gasteiger partial charge in [-0.25, -0.2) is 0 Å². The van der Waals surface area contributed by atoms with Gasteiger partial charge in [-0.1, -0.05) is 24.6 Å².